The Bertz CT molecular complexity index is 387. The van der Waals surface area contributed by atoms with Crippen LogP contribution in [0.3, 0.4) is 0 Å². The van der Waals surface area contributed by atoms with Crippen molar-refractivity contribution >= 4 is 17.7 Å². The van der Waals surface area contributed by atoms with Gasteiger partial charge in [0.1, 0.15) is 5.82 Å². The monoisotopic (exact) mass is 253 g/mol. The van der Waals surface area contributed by atoms with Crippen LogP contribution < -0.4 is 0 Å². The molecule has 1 unspecified atom stereocenters. The third-order valence-corrected chi connectivity index (χ3v) is 3.99. The summed E-state index contributed by atoms with van der Waals surface area (Å²) in [5, 5.41) is -0.0986. The first-order valence-corrected chi connectivity index (χ1v) is 6.76. The standard InChI is InChI=1S/C13H16FNOS/c1-10(13(16)15-8-2-3-9-15)17-12-6-4-11(14)5-7-12/h4-7,10H,2-3,8-9H2,1H3. The fraction of sp³-hybridized carbons (Fsp3) is 0.462. The predicted molar refractivity (Wildman–Crippen MR) is 67.5 cm³/mol. The molecular formula is C13H16FNOS. The summed E-state index contributed by atoms with van der Waals surface area (Å²) in [6, 6.07) is 6.28. The van der Waals surface area contributed by atoms with Crippen molar-refractivity contribution in [2.45, 2.75) is 29.9 Å². The summed E-state index contributed by atoms with van der Waals surface area (Å²) in [5.41, 5.74) is 0. The van der Waals surface area contributed by atoms with Crippen molar-refractivity contribution < 1.29 is 9.18 Å². The summed E-state index contributed by atoms with van der Waals surface area (Å²) in [6.07, 6.45) is 2.22. The highest BCUT2D eigenvalue weighted by molar-refractivity contribution is 8.00. The van der Waals surface area contributed by atoms with Crippen LogP contribution in [0, 0.1) is 5.82 Å². The second-order valence-corrected chi connectivity index (χ2v) is 5.66. The van der Waals surface area contributed by atoms with Gasteiger partial charge in [-0.05, 0) is 44.0 Å². The molecule has 1 fully saturated rings. The number of hydrogen-bond donors (Lipinski definition) is 0. The smallest absolute Gasteiger partial charge is 0.235 e. The van der Waals surface area contributed by atoms with E-state index in [1.54, 1.807) is 12.1 Å². The highest BCUT2D eigenvalue weighted by atomic mass is 32.2. The average molecular weight is 253 g/mol. The van der Waals surface area contributed by atoms with Gasteiger partial charge in [0, 0.05) is 18.0 Å². The highest BCUT2D eigenvalue weighted by Gasteiger charge is 2.23. The molecule has 17 heavy (non-hydrogen) atoms. The Balaban J connectivity index is 1.93. The van der Waals surface area contributed by atoms with Gasteiger partial charge in [-0.1, -0.05) is 0 Å². The van der Waals surface area contributed by atoms with Crippen LogP contribution in [0.1, 0.15) is 19.8 Å². The normalized spacial score (nSPS) is 17.2. The van der Waals surface area contributed by atoms with Crippen molar-refractivity contribution in [3.63, 3.8) is 0 Å². The zero-order valence-corrected chi connectivity index (χ0v) is 10.7. The van der Waals surface area contributed by atoms with Crippen LogP contribution in [0.5, 0.6) is 0 Å². The Morgan fingerprint density at radius 1 is 1.29 bits per heavy atom. The van der Waals surface area contributed by atoms with E-state index in [0.29, 0.717) is 0 Å². The molecule has 1 aliphatic rings. The van der Waals surface area contributed by atoms with Crippen LogP contribution in [-0.2, 0) is 4.79 Å². The zero-order valence-electron chi connectivity index (χ0n) is 9.86. The van der Waals surface area contributed by atoms with Crippen LogP contribution in [0.4, 0.5) is 4.39 Å². The van der Waals surface area contributed by atoms with Gasteiger partial charge in [0.15, 0.2) is 0 Å². The molecule has 0 aliphatic carbocycles. The minimum atomic E-state index is -0.243. The zero-order chi connectivity index (χ0) is 12.3. The number of nitrogens with zero attached hydrogens (tertiary/aromatic N) is 1. The molecule has 0 radical (unpaired) electrons. The fourth-order valence-electron chi connectivity index (χ4n) is 1.96. The molecule has 0 aromatic heterocycles. The van der Waals surface area contributed by atoms with E-state index in [0.717, 1.165) is 30.8 Å². The van der Waals surface area contributed by atoms with Crippen molar-refractivity contribution in [3.8, 4) is 0 Å². The van der Waals surface area contributed by atoms with Gasteiger partial charge in [0.2, 0.25) is 5.91 Å². The lowest BCUT2D eigenvalue weighted by Crippen LogP contribution is -2.33. The SMILES string of the molecule is CC(Sc1ccc(F)cc1)C(=O)N1CCCC1. The van der Waals surface area contributed by atoms with E-state index in [2.05, 4.69) is 0 Å². The molecule has 0 N–H and O–H groups in total. The molecule has 4 heteroatoms. The van der Waals surface area contributed by atoms with Gasteiger partial charge in [-0.3, -0.25) is 4.79 Å². The maximum absolute atomic E-state index is 12.7. The lowest BCUT2D eigenvalue weighted by molar-refractivity contribution is -0.129. The summed E-state index contributed by atoms with van der Waals surface area (Å²) in [7, 11) is 0. The molecule has 0 spiro atoms. The summed E-state index contributed by atoms with van der Waals surface area (Å²) >= 11 is 1.49. The Hall–Kier alpha value is -1.03. The first-order valence-electron chi connectivity index (χ1n) is 5.88. The minimum absolute atomic E-state index is 0.0986. The highest BCUT2D eigenvalue weighted by Crippen LogP contribution is 2.25. The Labute approximate surface area is 105 Å². The number of carbonyl (C=O) groups is 1. The minimum Gasteiger partial charge on any atom is -0.342 e. The summed E-state index contributed by atoms with van der Waals surface area (Å²) in [4.78, 5) is 14.9. The molecule has 1 aromatic carbocycles. The quantitative estimate of drug-likeness (QED) is 0.772. The molecule has 1 aliphatic heterocycles. The number of likely N-dealkylation sites (tertiary alicyclic amines) is 1. The molecule has 1 amide bonds. The van der Waals surface area contributed by atoms with E-state index in [1.165, 1.54) is 23.9 Å². The molecule has 92 valence electrons. The number of thioether (sulfide) groups is 1. The van der Waals surface area contributed by atoms with Crippen LogP contribution >= 0.6 is 11.8 Å². The van der Waals surface area contributed by atoms with E-state index >= 15 is 0 Å². The predicted octanol–water partition coefficient (Wildman–Crippen LogP) is 2.93. The summed E-state index contributed by atoms with van der Waals surface area (Å²) in [5.74, 6) is -0.0512. The van der Waals surface area contributed by atoms with Gasteiger partial charge in [0.25, 0.3) is 0 Å². The number of hydrogen-bond acceptors (Lipinski definition) is 2. The lowest BCUT2D eigenvalue weighted by atomic mass is 10.3. The van der Waals surface area contributed by atoms with Gasteiger partial charge < -0.3 is 4.90 Å². The topological polar surface area (TPSA) is 20.3 Å². The fourth-order valence-corrected chi connectivity index (χ4v) is 2.91. The first kappa shape index (κ1) is 12.4. The van der Waals surface area contributed by atoms with Crippen molar-refractivity contribution in [2.75, 3.05) is 13.1 Å². The van der Waals surface area contributed by atoms with E-state index in [-0.39, 0.29) is 17.0 Å². The number of carbonyl (C=O) groups excluding carboxylic acids is 1. The van der Waals surface area contributed by atoms with Crippen molar-refractivity contribution in [3.05, 3.63) is 30.1 Å². The van der Waals surface area contributed by atoms with E-state index in [9.17, 15) is 9.18 Å². The second kappa shape index (κ2) is 5.54. The molecule has 2 rings (SSSR count). The number of rotatable bonds is 3. The van der Waals surface area contributed by atoms with Crippen LogP contribution in [0.2, 0.25) is 0 Å². The molecule has 2 nitrogen and oxygen atoms in total. The molecular weight excluding hydrogens is 237 g/mol. The number of benzene rings is 1. The third-order valence-electron chi connectivity index (χ3n) is 2.89. The molecule has 1 heterocycles. The van der Waals surface area contributed by atoms with Gasteiger partial charge >= 0.3 is 0 Å². The Morgan fingerprint density at radius 2 is 1.88 bits per heavy atom. The maximum Gasteiger partial charge on any atom is 0.235 e. The van der Waals surface area contributed by atoms with Crippen molar-refractivity contribution in [1.82, 2.24) is 4.90 Å². The van der Waals surface area contributed by atoms with Crippen LogP contribution in [-0.4, -0.2) is 29.1 Å². The third kappa shape index (κ3) is 3.22. The Morgan fingerprint density at radius 3 is 2.47 bits per heavy atom. The molecule has 1 aromatic rings. The van der Waals surface area contributed by atoms with Gasteiger partial charge in [-0.25, -0.2) is 4.39 Å². The van der Waals surface area contributed by atoms with E-state index in [1.807, 2.05) is 11.8 Å². The van der Waals surface area contributed by atoms with Crippen molar-refractivity contribution in [2.24, 2.45) is 0 Å². The Kier molecular flexibility index (Phi) is 4.05. The molecule has 1 atom stereocenters. The number of halogens is 1. The molecule has 1 saturated heterocycles. The molecule has 0 bridgehead atoms. The first-order chi connectivity index (χ1) is 8.16. The summed E-state index contributed by atoms with van der Waals surface area (Å²) < 4.78 is 12.7. The largest absolute Gasteiger partial charge is 0.342 e. The van der Waals surface area contributed by atoms with Gasteiger partial charge in [-0.2, -0.15) is 0 Å². The van der Waals surface area contributed by atoms with Gasteiger partial charge in [0.05, 0.1) is 5.25 Å². The number of amides is 1. The van der Waals surface area contributed by atoms with E-state index < -0.39 is 0 Å². The van der Waals surface area contributed by atoms with Gasteiger partial charge in [-0.15, -0.1) is 11.8 Å². The van der Waals surface area contributed by atoms with Crippen LogP contribution in [0.25, 0.3) is 0 Å². The van der Waals surface area contributed by atoms with Crippen molar-refractivity contribution in [1.29, 1.82) is 0 Å². The second-order valence-electron chi connectivity index (χ2n) is 4.25. The van der Waals surface area contributed by atoms with E-state index in [4.69, 9.17) is 0 Å². The molecule has 0 saturated carbocycles. The maximum atomic E-state index is 12.7. The lowest BCUT2D eigenvalue weighted by Gasteiger charge is -2.19. The van der Waals surface area contributed by atoms with Crippen LogP contribution in [0.15, 0.2) is 29.2 Å². The average Bonchev–Trinajstić information content (AvgIpc) is 2.84. The summed E-state index contributed by atoms with van der Waals surface area (Å²) in [6.45, 7) is 3.68.